The zero-order chi connectivity index (χ0) is 13.8. The first-order chi connectivity index (χ1) is 8.46. The van der Waals surface area contributed by atoms with Crippen LogP contribution in [0, 0.1) is 0 Å². The number of nitrogens with two attached hydrogens (primary N) is 1. The van der Waals surface area contributed by atoms with Crippen molar-refractivity contribution in [1.29, 1.82) is 0 Å². The van der Waals surface area contributed by atoms with Gasteiger partial charge >= 0.3 is 0 Å². The normalized spacial score (nSPS) is 11.7. The molecule has 0 radical (unpaired) electrons. The molecular formula is C13H22N2O2S. The molecule has 5 heteroatoms. The lowest BCUT2D eigenvalue weighted by Gasteiger charge is -2.14. The summed E-state index contributed by atoms with van der Waals surface area (Å²) in [7, 11) is -3.45. The van der Waals surface area contributed by atoms with E-state index in [9.17, 15) is 8.42 Å². The number of anilines is 1. The van der Waals surface area contributed by atoms with Crippen molar-refractivity contribution in [2.45, 2.75) is 44.9 Å². The number of rotatable bonds is 6. The van der Waals surface area contributed by atoms with Crippen LogP contribution < -0.4 is 10.5 Å². The van der Waals surface area contributed by atoms with Crippen molar-refractivity contribution in [2.75, 3.05) is 12.3 Å². The van der Waals surface area contributed by atoms with Gasteiger partial charge in [0.15, 0.2) is 0 Å². The molecule has 0 saturated carbocycles. The third-order valence-electron chi connectivity index (χ3n) is 2.90. The Kier molecular flexibility index (Phi) is 5.16. The Morgan fingerprint density at radius 3 is 2.33 bits per heavy atom. The minimum Gasteiger partial charge on any atom is -0.398 e. The van der Waals surface area contributed by atoms with E-state index < -0.39 is 10.0 Å². The van der Waals surface area contributed by atoms with Gasteiger partial charge in [0.25, 0.3) is 0 Å². The fraction of sp³-hybridized carbons (Fsp3) is 0.538. The van der Waals surface area contributed by atoms with Crippen LogP contribution in [0.3, 0.4) is 0 Å². The van der Waals surface area contributed by atoms with Crippen molar-refractivity contribution in [2.24, 2.45) is 0 Å². The van der Waals surface area contributed by atoms with Crippen molar-refractivity contribution in [3.63, 3.8) is 0 Å². The van der Waals surface area contributed by atoms with E-state index in [0.29, 0.717) is 29.1 Å². The van der Waals surface area contributed by atoms with E-state index in [1.807, 2.05) is 26.8 Å². The summed E-state index contributed by atoms with van der Waals surface area (Å²) in [4.78, 5) is 0.329. The Labute approximate surface area is 110 Å². The Hall–Kier alpha value is -1.07. The molecule has 0 aliphatic rings. The average molecular weight is 270 g/mol. The molecule has 1 rings (SSSR count). The van der Waals surface area contributed by atoms with Gasteiger partial charge in [-0.3, -0.25) is 0 Å². The van der Waals surface area contributed by atoms with E-state index in [2.05, 4.69) is 4.72 Å². The van der Waals surface area contributed by atoms with Crippen molar-refractivity contribution in [3.8, 4) is 0 Å². The zero-order valence-corrected chi connectivity index (χ0v) is 12.1. The predicted octanol–water partition coefficient (Wildman–Crippen LogP) is 2.08. The molecule has 0 fully saturated rings. The summed E-state index contributed by atoms with van der Waals surface area (Å²) in [6.45, 7) is 6.27. The Bertz CT molecular complexity index is 510. The fourth-order valence-electron chi connectivity index (χ4n) is 1.86. The van der Waals surface area contributed by atoms with Crippen LogP contribution in [0.15, 0.2) is 17.0 Å². The summed E-state index contributed by atoms with van der Waals surface area (Å²) in [5, 5.41) is 0. The Morgan fingerprint density at radius 1 is 1.17 bits per heavy atom. The molecule has 0 atom stereocenters. The van der Waals surface area contributed by atoms with Gasteiger partial charge in [-0.25, -0.2) is 13.1 Å². The number of nitrogens with one attached hydrogen (secondary N) is 1. The fourth-order valence-corrected chi connectivity index (χ4v) is 3.38. The van der Waals surface area contributed by atoms with Crippen molar-refractivity contribution in [1.82, 2.24) is 4.72 Å². The van der Waals surface area contributed by atoms with Crippen LogP contribution >= 0.6 is 0 Å². The second-order valence-electron chi connectivity index (χ2n) is 4.27. The molecule has 0 spiro atoms. The summed E-state index contributed by atoms with van der Waals surface area (Å²) >= 11 is 0. The maximum Gasteiger partial charge on any atom is 0.240 e. The minimum absolute atomic E-state index is 0.329. The van der Waals surface area contributed by atoms with Crippen LogP contribution in [-0.2, 0) is 22.9 Å². The molecule has 1 aromatic rings. The maximum atomic E-state index is 12.2. The standard InChI is InChI=1S/C13H22N2O2S/c1-4-7-15-18(16,17)13-9-10(5-2)8-12(14)11(13)6-3/h8-9,15H,4-7,14H2,1-3H3. The Balaban J connectivity index is 3.33. The number of nitrogen functional groups attached to an aromatic ring is 1. The SMILES string of the molecule is CCCNS(=O)(=O)c1cc(CC)cc(N)c1CC. The number of benzene rings is 1. The first-order valence-electron chi connectivity index (χ1n) is 6.37. The van der Waals surface area contributed by atoms with Gasteiger partial charge in [0, 0.05) is 12.2 Å². The number of aryl methyl sites for hydroxylation is 1. The van der Waals surface area contributed by atoms with Gasteiger partial charge in [-0.05, 0) is 42.5 Å². The van der Waals surface area contributed by atoms with Gasteiger partial charge < -0.3 is 5.73 Å². The molecule has 0 aliphatic carbocycles. The lowest BCUT2D eigenvalue weighted by atomic mass is 10.1. The van der Waals surface area contributed by atoms with Gasteiger partial charge in [-0.2, -0.15) is 0 Å². The monoisotopic (exact) mass is 270 g/mol. The summed E-state index contributed by atoms with van der Waals surface area (Å²) < 4.78 is 27.0. The van der Waals surface area contributed by atoms with E-state index in [0.717, 1.165) is 18.4 Å². The highest BCUT2D eigenvalue weighted by Gasteiger charge is 2.19. The third-order valence-corrected chi connectivity index (χ3v) is 4.42. The topological polar surface area (TPSA) is 72.2 Å². The van der Waals surface area contributed by atoms with E-state index in [1.54, 1.807) is 6.07 Å². The Morgan fingerprint density at radius 2 is 1.83 bits per heavy atom. The van der Waals surface area contributed by atoms with E-state index in [1.165, 1.54) is 0 Å². The summed E-state index contributed by atoms with van der Waals surface area (Å²) in [5.74, 6) is 0. The molecule has 4 nitrogen and oxygen atoms in total. The number of sulfonamides is 1. The minimum atomic E-state index is -3.45. The van der Waals surface area contributed by atoms with Gasteiger partial charge in [-0.1, -0.05) is 20.8 Å². The molecule has 0 saturated heterocycles. The average Bonchev–Trinajstić information content (AvgIpc) is 2.35. The lowest BCUT2D eigenvalue weighted by Crippen LogP contribution is -2.26. The van der Waals surface area contributed by atoms with E-state index in [-0.39, 0.29) is 0 Å². The van der Waals surface area contributed by atoms with Crippen LogP contribution in [0.25, 0.3) is 0 Å². The van der Waals surface area contributed by atoms with Crippen molar-refractivity contribution >= 4 is 15.7 Å². The highest BCUT2D eigenvalue weighted by molar-refractivity contribution is 7.89. The van der Waals surface area contributed by atoms with Gasteiger partial charge in [0.1, 0.15) is 0 Å². The molecule has 0 aliphatic heterocycles. The smallest absolute Gasteiger partial charge is 0.240 e. The molecule has 0 heterocycles. The molecular weight excluding hydrogens is 248 g/mol. The van der Waals surface area contributed by atoms with Crippen molar-refractivity contribution in [3.05, 3.63) is 23.3 Å². The highest BCUT2D eigenvalue weighted by Crippen LogP contribution is 2.25. The largest absolute Gasteiger partial charge is 0.398 e. The predicted molar refractivity (Wildman–Crippen MR) is 75.1 cm³/mol. The molecule has 0 unspecified atom stereocenters. The first-order valence-corrected chi connectivity index (χ1v) is 7.85. The van der Waals surface area contributed by atoms with Crippen LogP contribution in [0.4, 0.5) is 5.69 Å². The molecule has 18 heavy (non-hydrogen) atoms. The summed E-state index contributed by atoms with van der Waals surface area (Å²) in [6, 6.07) is 3.59. The summed E-state index contributed by atoms with van der Waals surface area (Å²) in [6.07, 6.45) is 2.15. The van der Waals surface area contributed by atoms with Crippen LogP contribution in [0.5, 0.6) is 0 Å². The lowest BCUT2D eigenvalue weighted by molar-refractivity contribution is 0.579. The zero-order valence-electron chi connectivity index (χ0n) is 11.3. The highest BCUT2D eigenvalue weighted by atomic mass is 32.2. The quantitative estimate of drug-likeness (QED) is 0.777. The number of hydrogen-bond acceptors (Lipinski definition) is 3. The molecule has 0 aromatic heterocycles. The van der Waals surface area contributed by atoms with E-state index >= 15 is 0 Å². The van der Waals surface area contributed by atoms with Crippen LogP contribution in [0.2, 0.25) is 0 Å². The third kappa shape index (κ3) is 3.23. The second kappa shape index (κ2) is 6.20. The van der Waals surface area contributed by atoms with Crippen LogP contribution in [-0.4, -0.2) is 15.0 Å². The van der Waals surface area contributed by atoms with Gasteiger partial charge in [-0.15, -0.1) is 0 Å². The summed E-state index contributed by atoms with van der Waals surface area (Å²) in [5.41, 5.74) is 8.16. The van der Waals surface area contributed by atoms with Crippen molar-refractivity contribution < 1.29 is 8.42 Å². The second-order valence-corrected chi connectivity index (χ2v) is 6.00. The number of hydrogen-bond donors (Lipinski definition) is 2. The van der Waals surface area contributed by atoms with Crippen LogP contribution in [0.1, 0.15) is 38.3 Å². The first kappa shape index (κ1) is 15.0. The molecule has 102 valence electrons. The maximum absolute atomic E-state index is 12.2. The van der Waals surface area contributed by atoms with E-state index in [4.69, 9.17) is 5.73 Å². The molecule has 0 amide bonds. The van der Waals surface area contributed by atoms with Gasteiger partial charge in [0.05, 0.1) is 4.90 Å². The van der Waals surface area contributed by atoms with Gasteiger partial charge in [0.2, 0.25) is 10.0 Å². The molecule has 0 bridgehead atoms. The molecule has 3 N–H and O–H groups in total. The molecule has 1 aromatic carbocycles.